The second-order valence-corrected chi connectivity index (χ2v) is 4.93. The SMILES string of the molecule is COc1ccc(Nc2ccc(N)c3ccncc23)cc1C. The summed E-state index contributed by atoms with van der Waals surface area (Å²) in [6.45, 7) is 2.02. The minimum Gasteiger partial charge on any atom is -0.496 e. The third kappa shape index (κ3) is 2.48. The fourth-order valence-corrected chi connectivity index (χ4v) is 2.43. The number of hydrogen-bond acceptors (Lipinski definition) is 4. The van der Waals surface area contributed by atoms with Crippen molar-refractivity contribution < 1.29 is 4.74 Å². The molecule has 0 saturated heterocycles. The van der Waals surface area contributed by atoms with E-state index >= 15 is 0 Å². The first-order chi connectivity index (χ1) is 10.2. The first-order valence-corrected chi connectivity index (χ1v) is 6.73. The molecule has 4 heteroatoms. The average Bonchev–Trinajstić information content (AvgIpc) is 2.51. The number of ether oxygens (including phenoxy) is 1. The van der Waals surface area contributed by atoms with Crippen LogP contribution in [0.2, 0.25) is 0 Å². The zero-order valence-electron chi connectivity index (χ0n) is 12.1. The molecule has 0 aliphatic heterocycles. The molecule has 0 saturated carbocycles. The van der Waals surface area contributed by atoms with Crippen LogP contribution in [0.1, 0.15) is 5.56 Å². The van der Waals surface area contributed by atoms with Crippen LogP contribution in [0.4, 0.5) is 17.1 Å². The van der Waals surface area contributed by atoms with E-state index in [2.05, 4.69) is 16.4 Å². The molecule has 1 heterocycles. The number of aryl methyl sites for hydroxylation is 1. The van der Waals surface area contributed by atoms with Gasteiger partial charge in [0.05, 0.1) is 7.11 Å². The van der Waals surface area contributed by atoms with Gasteiger partial charge in [0, 0.05) is 40.2 Å². The van der Waals surface area contributed by atoms with Crippen LogP contribution in [0.3, 0.4) is 0 Å². The second-order valence-electron chi connectivity index (χ2n) is 4.93. The lowest BCUT2D eigenvalue weighted by molar-refractivity contribution is 0.412. The van der Waals surface area contributed by atoms with Gasteiger partial charge in [0.1, 0.15) is 5.75 Å². The molecule has 1 aromatic heterocycles. The highest BCUT2D eigenvalue weighted by atomic mass is 16.5. The van der Waals surface area contributed by atoms with Gasteiger partial charge in [-0.25, -0.2) is 0 Å². The lowest BCUT2D eigenvalue weighted by Gasteiger charge is -2.13. The molecule has 0 aliphatic carbocycles. The van der Waals surface area contributed by atoms with Crippen molar-refractivity contribution in [2.45, 2.75) is 6.92 Å². The Hall–Kier alpha value is -2.75. The lowest BCUT2D eigenvalue weighted by Crippen LogP contribution is -1.96. The molecule has 0 unspecified atom stereocenters. The quantitative estimate of drug-likeness (QED) is 0.714. The molecule has 0 radical (unpaired) electrons. The van der Waals surface area contributed by atoms with E-state index in [1.54, 1.807) is 13.3 Å². The molecule has 0 spiro atoms. The molecule has 0 aliphatic rings. The minimum atomic E-state index is 0.754. The number of nitrogens with zero attached hydrogens (tertiary/aromatic N) is 1. The summed E-state index contributed by atoms with van der Waals surface area (Å²) in [7, 11) is 1.68. The van der Waals surface area contributed by atoms with Crippen LogP contribution in [-0.4, -0.2) is 12.1 Å². The van der Waals surface area contributed by atoms with Gasteiger partial charge in [0.25, 0.3) is 0 Å². The Balaban J connectivity index is 2.02. The van der Waals surface area contributed by atoms with E-state index in [4.69, 9.17) is 10.5 Å². The van der Waals surface area contributed by atoms with Crippen LogP contribution in [0.5, 0.6) is 5.75 Å². The highest BCUT2D eigenvalue weighted by Crippen LogP contribution is 2.31. The third-order valence-electron chi connectivity index (χ3n) is 3.53. The predicted molar refractivity (Wildman–Crippen MR) is 87.2 cm³/mol. The maximum atomic E-state index is 6.01. The van der Waals surface area contributed by atoms with Gasteiger partial charge in [-0.05, 0) is 48.9 Å². The predicted octanol–water partition coefficient (Wildman–Crippen LogP) is 3.88. The van der Waals surface area contributed by atoms with Crippen LogP contribution in [0.15, 0.2) is 48.8 Å². The fraction of sp³-hybridized carbons (Fsp3) is 0.118. The van der Waals surface area contributed by atoms with E-state index in [1.165, 1.54) is 0 Å². The van der Waals surface area contributed by atoms with E-state index < -0.39 is 0 Å². The number of pyridine rings is 1. The van der Waals surface area contributed by atoms with E-state index in [9.17, 15) is 0 Å². The summed E-state index contributed by atoms with van der Waals surface area (Å²) in [5.74, 6) is 0.879. The minimum absolute atomic E-state index is 0.754. The summed E-state index contributed by atoms with van der Waals surface area (Å²) in [4.78, 5) is 4.19. The first kappa shape index (κ1) is 13.2. The molecule has 0 amide bonds. The largest absolute Gasteiger partial charge is 0.496 e. The van der Waals surface area contributed by atoms with Gasteiger partial charge >= 0.3 is 0 Å². The van der Waals surface area contributed by atoms with Gasteiger partial charge in [-0.15, -0.1) is 0 Å². The highest BCUT2D eigenvalue weighted by Gasteiger charge is 2.06. The molecule has 4 nitrogen and oxygen atoms in total. The molecule has 0 bridgehead atoms. The number of benzene rings is 2. The molecular weight excluding hydrogens is 262 g/mol. The standard InChI is InChI=1S/C17H17N3O/c1-11-9-12(3-6-17(11)21-2)20-16-5-4-15(18)13-7-8-19-10-14(13)16/h3-10,20H,18H2,1-2H3. The monoisotopic (exact) mass is 279 g/mol. The smallest absolute Gasteiger partial charge is 0.121 e. The van der Waals surface area contributed by atoms with Gasteiger partial charge in [0.2, 0.25) is 0 Å². The van der Waals surface area contributed by atoms with Crippen LogP contribution >= 0.6 is 0 Å². The molecule has 3 N–H and O–H groups in total. The Bertz CT molecular complexity index is 799. The summed E-state index contributed by atoms with van der Waals surface area (Å²) in [6, 6.07) is 11.8. The Labute approximate surface area is 123 Å². The van der Waals surface area contributed by atoms with Crippen LogP contribution in [0, 0.1) is 6.92 Å². The van der Waals surface area contributed by atoms with Gasteiger partial charge < -0.3 is 15.8 Å². The van der Waals surface area contributed by atoms with Crippen molar-refractivity contribution in [2.75, 3.05) is 18.2 Å². The van der Waals surface area contributed by atoms with Crippen molar-refractivity contribution in [3.05, 3.63) is 54.4 Å². The third-order valence-corrected chi connectivity index (χ3v) is 3.53. The number of nitrogens with two attached hydrogens (primary N) is 1. The molecular formula is C17H17N3O. The molecule has 3 aromatic rings. The van der Waals surface area contributed by atoms with E-state index in [1.807, 2.05) is 43.5 Å². The van der Waals surface area contributed by atoms with Crippen molar-refractivity contribution in [3.63, 3.8) is 0 Å². The van der Waals surface area contributed by atoms with Crippen molar-refractivity contribution in [3.8, 4) is 5.75 Å². The molecule has 3 rings (SSSR count). The number of hydrogen-bond donors (Lipinski definition) is 2. The second kappa shape index (κ2) is 5.32. The van der Waals surface area contributed by atoms with Crippen molar-refractivity contribution >= 4 is 27.8 Å². The normalized spacial score (nSPS) is 10.6. The topological polar surface area (TPSA) is 60.2 Å². The van der Waals surface area contributed by atoms with Gasteiger partial charge in [0.15, 0.2) is 0 Å². The molecule has 106 valence electrons. The summed E-state index contributed by atoms with van der Waals surface area (Å²) in [5.41, 5.74) is 9.83. The Kier molecular flexibility index (Phi) is 3.36. The fourth-order valence-electron chi connectivity index (χ4n) is 2.43. The molecule has 2 aromatic carbocycles. The maximum absolute atomic E-state index is 6.01. The number of nitrogen functional groups attached to an aromatic ring is 1. The first-order valence-electron chi connectivity index (χ1n) is 6.73. The molecule has 0 fully saturated rings. The zero-order valence-corrected chi connectivity index (χ0v) is 12.1. The van der Waals surface area contributed by atoms with Crippen molar-refractivity contribution in [2.24, 2.45) is 0 Å². The highest BCUT2D eigenvalue weighted by molar-refractivity contribution is 6.01. The number of fused-ring (bicyclic) bond motifs is 1. The van der Waals surface area contributed by atoms with E-state index in [-0.39, 0.29) is 0 Å². The summed E-state index contributed by atoms with van der Waals surface area (Å²) in [5, 5.41) is 5.42. The number of anilines is 3. The Morgan fingerprint density at radius 3 is 2.71 bits per heavy atom. The Morgan fingerprint density at radius 2 is 1.95 bits per heavy atom. The Morgan fingerprint density at radius 1 is 1.10 bits per heavy atom. The molecule has 21 heavy (non-hydrogen) atoms. The summed E-state index contributed by atoms with van der Waals surface area (Å²) >= 11 is 0. The zero-order chi connectivity index (χ0) is 14.8. The van der Waals surface area contributed by atoms with Crippen LogP contribution < -0.4 is 15.8 Å². The number of rotatable bonds is 3. The van der Waals surface area contributed by atoms with Gasteiger partial charge in [-0.3, -0.25) is 4.98 Å². The summed E-state index contributed by atoms with van der Waals surface area (Å²) in [6.07, 6.45) is 3.57. The van der Waals surface area contributed by atoms with Crippen molar-refractivity contribution in [1.29, 1.82) is 0 Å². The van der Waals surface area contributed by atoms with Gasteiger partial charge in [-0.1, -0.05) is 0 Å². The van der Waals surface area contributed by atoms with E-state index in [0.717, 1.165) is 39.1 Å². The van der Waals surface area contributed by atoms with Crippen LogP contribution in [-0.2, 0) is 0 Å². The number of aromatic nitrogens is 1. The van der Waals surface area contributed by atoms with E-state index in [0.29, 0.717) is 0 Å². The maximum Gasteiger partial charge on any atom is 0.121 e. The van der Waals surface area contributed by atoms with Crippen LogP contribution in [0.25, 0.3) is 10.8 Å². The van der Waals surface area contributed by atoms with Crippen molar-refractivity contribution in [1.82, 2.24) is 4.98 Å². The summed E-state index contributed by atoms with van der Waals surface area (Å²) < 4.78 is 5.28. The van der Waals surface area contributed by atoms with Gasteiger partial charge in [-0.2, -0.15) is 0 Å². The lowest BCUT2D eigenvalue weighted by atomic mass is 10.1. The average molecular weight is 279 g/mol. The molecule has 0 atom stereocenters. The number of nitrogens with one attached hydrogen (secondary N) is 1. The number of methoxy groups -OCH3 is 1.